The Balaban J connectivity index is 1.47. The molecule has 1 saturated carbocycles. The Morgan fingerprint density at radius 1 is 1.39 bits per heavy atom. The molecular formula is C20H26N4O3S. The third-order valence-electron chi connectivity index (χ3n) is 5.51. The number of furan rings is 1. The van der Waals surface area contributed by atoms with Crippen molar-refractivity contribution in [2.75, 3.05) is 18.9 Å². The summed E-state index contributed by atoms with van der Waals surface area (Å²) in [5.41, 5.74) is 0.908. The Bertz CT molecular complexity index is 844. The summed E-state index contributed by atoms with van der Waals surface area (Å²) in [6.07, 6.45) is 8.12. The van der Waals surface area contributed by atoms with Crippen LogP contribution in [0, 0.1) is 6.92 Å². The van der Waals surface area contributed by atoms with Gasteiger partial charge in [0, 0.05) is 13.1 Å². The first-order chi connectivity index (χ1) is 13.7. The standard InChI is InChI=1S/C20H26N4O3S/c1-3-9-24-19(15-8-11-26-14(15)2)21-22-20(24)28-13-18(25)23-10-12-27-17-7-5-4-6-16(17)23/h3,8,11,16-17H,1,4-7,9-10,12-13H2,2H3. The number of fused-ring (bicyclic) bond motifs is 1. The number of hydrogen-bond acceptors (Lipinski definition) is 6. The van der Waals surface area contributed by atoms with E-state index in [0.29, 0.717) is 25.4 Å². The highest BCUT2D eigenvalue weighted by Gasteiger charge is 2.36. The quantitative estimate of drug-likeness (QED) is 0.545. The van der Waals surface area contributed by atoms with Gasteiger partial charge in [-0.1, -0.05) is 30.7 Å². The smallest absolute Gasteiger partial charge is 0.233 e. The van der Waals surface area contributed by atoms with E-state index in [9.17, 15) is 4.79 Å². The van der Waals surface area contributed by atoms with Crippen molar-refractivity contribution in [3.05, 3.63) is 30.7 Å². The van der Waals surface area contributed by atoms with Crippen LogP contribution in [0.2, 0.25) is 0 Å². The van der Waals surface area contributed by atoms with E-state index in [1.807, 2.05) is 28.5 Å². The molecule has 2 atom stereocenters. The number of allylic oxidation sites excluding steroid dienone is 1. The van der Waals surface area contributed by atoms with Crippen LogP contribution in [0.4, 0.5) is 0 Å². The topological polar surface area (TPSA) is 73.4 Å². The van der Waals surface area contributed by atoms with Crippen LogP contribution in [0.1, 0.15) is 31.4 Å². The molecule has 1 aliphatic heterocycles. The molecule has 1 amide bonds. The number of hydrogen-bond donors (Lipinski definition) is 0. The number of ether oxygens (including phenoxy) is 1. The minimum atomic E-state index is 0.152. The molecule has 2 aromatic heterocycles. The highest BCUT2D eigenvalue weighted by molar-refractivity contribution is 7.99. The lowest BCUT2D eigenvalue weighted by Gasteiger charge is -2.43. The second-order valence-electron chi connectivity index (χ2n) is 7.23. The van der Waals surface area contributed by atoms with Gasteiger partial charge in [-0.3, -0.25) is 9.36 Å². The second kappa shape index (κ2) is 8.53. The predicted molar refractivity (Wildman–Crippen MR) is 107 cm³/mol. The van der Waals surface area contributed by atoms with Crippen molar-refractivity contribution in [2.45, 2.75) is 56.5 Å². The van der Waals surface area contributed by atoms with Crippen LogP contribution in [0.3, 0.4) is 0 Å². The molecule has 8 heteroatoms. The van der Waals surface area contributed by atoms with E-state index >= 15 is 0 Å². The number of morpholine rings is 1. The van der Waals surface area contributed by atoms with Crippen molar-refractivity contribution in [3.63, 3.8) is 0 Å². The molecule has 4 rings (SSSR count). The third-order valence-corrected chi connectivity index (χ3v) is 6.46. The number of amides is 1. The molecule has 0 N–H and O–H groups in total. The molecule has 0 spiro atoms. The van der Waals surface area contributed by atoms with Crippen molar-refractivity contribution in [3.8, 4) is 11.4 Å². The molecule has 150 valence electrons. The summed E-state index contributed by atoms with van der Waals surface area (Å²) in [5, 5.41) is 9.37. The Morgan fingerprint density at radius 2 is 2.25 bits per heavy atom. The summed E-state index contributed by atoms with van der Waals surface area (Å²) in [4.78, 5) is 15.0. The molecule has 0 aromatic carbocycles. The third kappa shape index (κ3) is 3.75. The van der Waals surface area contributed by atoms with Gasteiger partial charge in [0.15, 0.2) is 11.0 Å². The molecule has 2 aromatic rings. The monoisotopic (exact) mass is 402 g/mol. The van der Waals surface area contributed by atoms with Crippen LogP contribution in [-0.4, -0.2) is 56.6 Å². The van der Waals surface area contributed by atoms with E-state index in [1.54, 1.807) is 6.26 Å². The first-order valence-electron chi connectivity index (χ1n) is 9.81. The van der Waals surface area contributed by atoms with Crippen LogP contribution in [0.25, 0.3) is 11.4 Å². The molecular weight excluding hydrogens is 376 g/mol. The molecule has 0 radical (unpaired) electrons. The number of nitrogens with zero attached hydrogens (tertiary/aromatic N) is 4. The lowest BCUT2D eigenvalue weighted by molar-refractivity contribution is -0.146. The number of aryl methyl sites for hydroxylation is 1. The Morgan fingerprint density at radius 3 is 3.04 bits per heavy atom. The average molecular weight is 403 g/mol. The van der Waals surface area contributed by atoms with Gasteiger partial charge in [-0.15, -0.1) is 16.8 Å². The molecule has 1 aliphatic carbocycles. The number of carbonyl (C=O) groups excluding carboxylic acids is 1. The van der Waals surface area contributed by atoms with E-state index in [0.717, 1.165) is 35.1 Å². The lowest BCUT2D eigenvalue weighted by Crippen LogP contribution is -2.55. The molecule has 1 saturated heterocycles. The maximum atomic E-state index is 12.9. The van der Waals surface area contributed by atoms with Crippen molar-refractivity contribution in [2.24, 2.45) is 0 Å². The molecule has 7 nitrogen and oxygen atoms in total. The molecule has 2 fully saturated rings. The van der Waals surface area contributed by atoms with Gasteiger partial charge in [0.05, 0.1) is 36.3 Å². The van der Waals surface area contributed by atoms with Gasteiger partial charge in [0.1, 0.15) is 5.76 Å². The first-order valence-corrected chi connectivity index (χ1v) is 10.8. The van der Waals surface area contributed by atoms with Crippen LogP contribution >= 0.6 is 11.8 Å². The van der Waals surface area contributed by atoms with Crippen LogP contribution in [0.5, 0.6) is 0 Å². The van der Waals surface area contributed by atoms with Gasteiger partial charge < -0.3 is 14.1 Å². The number of carbonyl (C=O) groups is 1. The zero-order valence-electron chi connectivity index (χ0n) is 16.2. The van der Waals surface area contributed by atoms with Crippen LogP contribution in [-0.2, 0) is 16.1 Å². The predicted octanol–water partition coefficient (Wildman–Crippen LogP) is 3.29. The summed E-state index contributed by atoms with van der Waals surface area (Å²) >= 11 is 1.43. The largest absolute Gasteiger partial charge is 0.469 e. The second-order valence-corrected chi connectivity index (χ2v) is 8.18. The van der Waals surface area contributed by atoms with Crippen molar-refractivity contribution < 1.29 is 13.9 Å². The van der Waals surface area contributed by atoms with Gasteiger partial charge in [-0.05, 0) is 25.8 Å². The summed E-state index contributed by atoms with van der Waals surface area (Å²) in [7, 11) is 0. The Kier molecular flexibility index (Phi) is 5.87. The Hall–Kier alpha value is -2.06. The van der Waals surface area contributed by atoms with E-state index < -0.39 is 0 Å². The summed E-state index contributed by atoms with van der Waals surface area (Å²) in [6, 6.07) is 2.11. The fourth-order valence-electron chi connectivity index (χ4n) is 4.12. The van der Waals surface area contributed by atoms with E-state index in [2.05, 4.69) is 16.8 Å². The van der Waals surface area contributed by atoms with E-state index in [4.69, 9.17) is 9.15 Å². The minimum Gasteiger partial charge on any atom is -0.469 e. The number of aromatic nitrogens is 3. The fraction of sp³-hybridized carbons (Fsp3) is 0.550. The van der Waals surface area contributed by atoms with Crippen molar-refractivity contribution in [1.82, 2.24) is 19.7 Å². The number of thioether (sulfide) groups is 1. The summed E-state index contributed by atoms with van der Waals surface area (Å²) in [5.74, 6) is 2.03. The maximum absolute atomic E-state index is 12.9. The van der Waals surface area contributed by atoms with Gasteiger partial charge >= 0.3 is 0 Å². The highest BCUT2D eigenvalue weighted by Crippen LogP contribution is 2.30. The molecule has 2 unspecified atom stereocenters. The van der Waals surface area contributed by atoms with Crippen LogP contribution in [0.15, 0.2) is 34.6 Å². The molecule has 2 aliphatic rings. The molecule has 3 heterocycles. The average Bonchev–Trinajstić information content (AvgIpc) is 3.31. The summed E-state index contributed by atoms with van der Waals surface area (Å²) in [6.45, 7) is 7.63. The zero-order chi connectivity index (χ0) is 19.5. The first kappa shape index (κ1) is 19.3. The maximum Gasteiger partial charge on any atom is 0.233 e. The van der Waals surface area contributed by atoms with Gasteiger partial charge in [0.2, 0.25) is 5.91 Å². The Labute approximate surface area is 169 Å². The highest BCUT2D eigenvalue weighted by atomic mass is 32.2. The molecule has 0 bridgehead atoms. The summed E-state index contributed by atoms with van der Waals surface area (Å²) < 4.78 is 13.3. The van der Waals surface area contributed by atoms with Gasteiger partial charge in [-0.25, -0.2) is 0 Å². The van der Waals surface area contributed by atoms with Crippen LogP contribution < -0.4 is 0 Å². The fourth-order valence-corrected chi connectivity index (χ4v) is 4.95. The normalized spacial score (nSPS) is 22.1. The SMILES string of the molecule is C=CCn1c(SCC(=O)N2CCOC3CCCCC32)nnc1-c1ccoc1C. The van der Waals surface area contributed by atoms with E-state index in [-0.39, 0.29) is 18.1 Å². The minimum absolute atomic E-state index is 0.152. The van der Waals surface area contributed by atoms with Gasteiger partial charge in [-0.2, -0.15) is 0 Å². The van der Waals surface area contributed by atoms with Crippen molar-refractivity contribution in [1.29, 1.82) is 0 Å². The van der Waals surface area contributed by atoms with Crippen molar-refractivity contribution >= 4 is 17.7 Å². The molecule has 28 heavy (non-hydrogen) atoms. The zero-order valence-corrected chi connectivity index (χ0v) is 17.0. The van der Waals surface area contributed by atoms with E-state index in [1.165, 1.54) is 24.6 Å². The van der Waals surface area contributed by atoms with Gasteiger partial charge in [0.25, 0.3) is 0 Å². The number of rotatable bonds is 6. The lowest BCUT2D eigenvalue weighted by atomic mass is 9.90.